The van der Waals surface area contributed by atoms with E-state index in [1.54, 1.807) is 18.2 Å². The van der Waals surface area contributed by atoms with E-state index in [9.17, 15) is 9.18 Å². The molecule has 10 heteroatoms. The molecule has 3 heterocycles. The monoisotopic (exact) mass is 540 g/mol. The number of aromatic nitrogens is 2. The first kappa shape index (κ1) is 29.5. The van der Waals surface area contributed by atoms with Gasteiger partial charge in [-0.25, -0.2) is 14.2 Å². The third-order valence-corrected chi connectivity index (χ3v) is 6.20. The van der Waals surface area contributed by atoms with Crippen molar-refractivity contribution < 1.29 is 23.8 Å². The van der Waals surface area contributed by atoms with Crippen molar-refractivity contribution in [3.8, 4) is 11.5 Å². The highest BCUT2D eigenvalue weighted by Crippen LogP contribution is 2.29. The molecule has 0 atom stereocenters. The van der Waals surface area contributed by atoms with E-state index in [0.717, 1.165) is 57.4 Å². The molecule has 9 nitrogen and oxygen atoms in total. The van der Waals surface area contributed by atoms with E-state index in [-0.39, 0.29) is 17.6 Å². The first-order valence-electron chi connectivity index (χ1n) is 13.2. The fourth-order valence-corrected chi connectivity index (χ4v) is 4.42. The lowest BCUT2D eigenvalue weighted by Crippen LogP contribution is -2.38. The topological polar surface area (TPSA) is 108 Å². The first-order valence-corrected chi connectivity index (χ1v) is 13.2. The van der Waals surface area contributed by atoms with Crippen LogP contribution < -0.4 is 25.0 Å². The number of hydrogen-bond acceptors (Lipinski definition) is 7. The summed E-state index contributed by atoms with van der Waals surface area (Å²) >= 11 is 0. The van der Waals surface area contributed by atoms with Crippen LogP contribution in [-0.2, 0) is 4.79 Å². The number of benzene rings is 2. The van der Waals surface area contributed by atoms with Gasteiger partial charge in [0.15, 0.2) is 0 Å². The van der Waals surface area contributed by atoms with Gasteiger partial charge in [0.2, 0.25) is 0 Å². The first-order chi connectivity index (χ1) is 18.9. The Bertz CT molecular complexity index is 1190. The lowest BCUT2D eigenvalue weighted by molar-refractivity contribution is -0.134. The Morgan fingerprint density at radius 2 is 1.69 bits per heavy atom. The number of hydrogen-bond donors (Lipinski definition) is 2. The van der Waals surface area contributed by atoms with Crippen LogP contribution in [0.3, 0.4) is 0 Å². The molecule has 0 unspecified atom stereocenters. The van der Waals surface area contributed by atoms with Gasteiger partial charge in [0.25, 0.3) is 5.97 Å². The summed E-state index contributed by atoms with van der Waals surface area (Å²) in [5, 5.41) is 7.42. The summed E-state index contributed by atoms with van der Waals surface area (Å²) < 4.78 is 26.0. The summed E-state index contributed by atoms with van der Waals surface area (Å²) in [7, 11) is 0. The highest BCUT2D eigenvalue weighted by atomic mass is 19.1. The Labute approximate surface area is 228 Å². The zero-order chi connectivity index (χ0) is 28.0. The minimum absolute atomic E-state index is 0.173. The third-order valence-electron chi connectivity index (χ3n) is 6.20. The molecule has 0 aliphatic carbocycles. The van der Waals surface area contributed by atoms with Crippen molar-refractivity contribution in [2.24, 2.45) is 0 Å². The predicted molar refractivity (Wildman–Crippen MR) is 149 cm³/mol. The second-order valence-corrected chi connectivity index (χ2v) is 9.14. The van der Waals surface area contributed by atoms with Crippen LogP contribution in [0, 0.1) is 5.82 Å². The van der Waals surface area contributed by atoms with Crippen molar-refractivity contribution in [2.75, 3.05) is 42.6 Å². The fourth-order valence-electron chi connectivity index (χ4n) is 4.42. The van der Waals surface area contributed by atoms with E-state index in [4.69, 9.17) is 19.4 Å². The second-order valence-electron chi connectivity index (χ2n) is 9.14. The number of anilines is 2. The third kappa shape index (κ3) is 9.96. The van der Waals surface area contributed by atoms with Crippen LogP contribution in [-0.4, -0.2) is 59.9 Å². The number of carboxylic acids is 1. The average molecular weight is 541 g/mol. The van der Waals surface area contributed by atoms with Crippen LogP contribution in [0.5, 0.6) is 11.5 Å². The Hall–Kier alpha value is -4.08. The van der Waals surface area contributed by atoms with Crippen LogP contribution in [0.15, 0.2) is 65.7 Å². The molecule has 2 fully saturated rings. The number of carboxylic acid groups (broad SMARTS) is 1. The van der Waals surface area contributed by atoms with Gasteiger partial charge in [-0.2, -0.15) is 0 Å². The van der Waals surface area contributed by atoms with Crippen molar-refractivity contribution in [1.82, 2.24) is 9.97 Å². The maximum absolute atomic E-state index is 14.3. The van der Waals surface area contributed by atoms with Gasteiger partial charge in [-0.05, 0) is 62.2 Å². The molecule has 1 aromatic heterocycles. The zero-order valence-electron chi connectivity index (χ0n) is 22.5. The molecule has 2 aromatic carbocycles. The maximum Gasteiger partial charge on any atom is 0.344 e. The summed E-state index contributed by atoms with van der Waals surface area (Å²) in [6.07, 6.45) is 7.48. The molecule has 0 bridgehead atoms. The Balaban J connectivity index is 0.000000320. The molecular formula is C29H37FN4O5. The quantitative estimate of drug-likeness (QED) is 0.462. The van der Waals surface area contributed by atoms with Crippen LogP contribution >= 0.6 is 0 Å². The minimum Gasteiger partial charge on any atom is -0.494 e. The van der Waals surface area contributed by atoms with Crippen molar-refractivity contribution in [3.63, 3.8) is 0 Å². The molecule has 2 aliphatic heterocycles. The van der Waals surface area contributed by atoms with Crippen LogP contribution in [0.2, 0.25) is 0 Å². The van der Waals surface area contributed by atoms with Gasteiger partial charge >= 0.3 is 5.69 Å². The molecule has 0 saturated carbocycles. The van der Waals surface area contributed by atoms with Crippen LogP contribution in [0.1, 0.15) is 39.5 Å². The van der Waals surface area contributed by atoms with Gasteiger partial charge in [-0.1, -0.05) is 0 Å². The van der Waals surface area contributed by atoms with Gasteiger partial charge in [-0.15, -0.1) is 0 Å². The summed E-state index contributed by atoms with van der Waals surface area (Å²) in [6.45, 7) is 7.46. The number of aromatic amines is 1. The normalized spacial score (nSPS) is 14.9. The number of halogens is 1. The number of ether oxygens (including phenoxy) is 2. The highest BCUT2D eigenvalue weighted by Gasteiger charge is 2.23. The summed E-state index contributed by atoms with van der Waals surface area (Å²) in [5.41, 5.74) is 1.60. The van der Waals surface area contributed by atoms with E-state index >= 15 is 0 Å². The summed E-state index contributed by atoms with van der Waals surface area (Å²) in [4.78, 5) is 29.4. The fraction of sp³-hybridized carbons (Fsp3) is 0.414. The van der Waals surface area contributed by atoms with Crippen LogP contribution in [0.4, 0.5) is 15.8 Å². The van der Waals surface area contributed by atoms with Crippen molar-refractivity contribution >= 4 is 17.3 Å². The molecule has 39 heavy (non-hydrogen) atoms. The zero-order valence-corrected chi connectivity index (χ0v) is 22.5. The molecule has 2 N–H and O–H groups in total. The minimum atomic E-state index is -0.833. The van der Waals surface area contributed by atoms with Crippen LogP contribution in [0.25, 0.3) is 0 Å². The molecule has 5 rings (SSSR count). The molecule has 210 valence electrons. The molecule has 0 amide bonds. The van der Waals surface area contributed by atoms with Gasteiger partial charge < -0.3 is 29.4 Å². The highest BCUT2D eigenvalue weighted by molar-refractivity contribution is 5.63. The largest absolute Gasteiger partial charge is 0.494 e. The summed E-state index contributed by atoms with van der Waals surface area (Å²) in [6, 6.07) is 15.1. The molecule has 2 aliphatic rings. The smallest absolute Gasteiger partial charge is 0.344 e. The average Bonchev–Trinajstić information content (AvgIpc) is 3.47. The van der Waals surface area contributed by atoms with E-state index in [0.29, 0.717) is 12.3 Å². The SMILES string of the molecule is CC(=O)O.CCOc1ccc(F)c(N2CCC(Oc3ccc(N4CCCC4)cc3)CC2)c1.O=c1nccc[nH]1. The Morgan fingerprint density at radius 1 is 1.05 bits per heavy atom. The molecule has 0 spiro atoms. The Kier molecular flexibility index (Phi) is 11.6. The van der Waals surface area contributed by atoms with Crippen molar-refractivity contribution in [2.45, 2.75) is 45.6 Å². The predicted octanol–water partition coefficient (Wildman–Crippen LogP) is 4.73. The molecule has 0 radical (unpaired) electrons. The number of nitrogens with one attached hydrogen (secondary N) is 1. The molecular weight excluding hydrogens is 503 g/mol. The van der Waals surface area contributed by atoms with Gasteiger partial charge in [-0.3, -0.25) is 4.79 Å². The lowest BCUT2D eigenvalue weighted by atomic mass is 10.1. The van der Waals surface area contributed by atoms with E-state index in [2.05, 4.69) is 44.0 Å². The summed E-state index contributed by atoms with van der Waals surface area (Å²) in [5.74, 6) is 0.613. The van der Waals surface area contributed by atoms with Gasteiger partial charge in [0, 0.05) is 70.1 Å². The number of H-pyrrole nitrogens is 1. The van der Waals surface area contributed by atoms with E-state index < -0.39 is 5.97 Å². The number of nitrogens with zero attached hydrogens (tertiary/aromatic N) is 3. The standard InChI is InChI=1S/C23H29FN2O2.C4H4N2O.C2H4O2/c1-2-27-21-9-10-22(24)23(17-21)26-15-11-20(12-16-26)28-19-7-5-18(6-8-19)25-13-3-4-14-25;7-4-5-2-1-3-6-4;1-2(3)4/h5-10,17,20H,2-4,11-16H2,1H3;1-3H,(H,5,6,7);1H3,(H,3,4). The van der Waals surface area contributed by atoms with Crippen molar-refractivity contribution in [1.29, 1.82) is 0 Å². The number of piperidine rings is 1. The second kappa shape index (κ2) is 15.4. The van der Waals surface area contributed by atoms with Gasteiger partial charge in [0.1, 0.15) is 23.4 Å². The molecule has 2 saturated heterocycles. The van der Waals surface area contributed by atoms with E-state index in [1.807, 2.05) is 6.92 Å². The number of aliphatic carboxylic acids is 1. The van der Waals surface area contributed by atoms with Gasteiger partial charge in [0.05, 0.1) is 12.3 Å². The molecule has 3 aromatic rings. The lowest BCUT2D eigenvalue weighted by Gasteiger charge is -2.34. The van der Waals surface area contributed by atoms with E-state index in [1.165, 1.54) is 37.0 Å². The number of rotatable bonds is 6. The number of carbonyl (C=O) groups is 1. The maximum atomic E-state index is 14.3. The van der Waals surface area contributed by atoms with Crippen molar-refractivity contribution in [3.05, 3.63) is 77.2 Å². The Morgan fingerprint density at radius 3 is 2.23 bits per heavy atom.